The number of rotatable bonds is 4. The molecule has 0 radical (unpaired) electrons. The molecule has 3 heteroatoms. The van der Waals surface area contributed by atoms with Gasteiger partial charge in [-0.15, -0.1) is 0 Å². The summed E-state index contributed by atoms with van der Waals surface area (Å²) in [5.74, 6) is 0.573. The molecule has 1 aliphatic carbocycles. The third-order valence-corrected chi connectivity index (χ3v) is 3.44. The Labute approximate surface area is 93.0 Å². The first-order valence-corrected chi connectivity index (χ1v) is 6.11. The van der Waals surface area contributed by atoms with E-state index in [1.165, 1.54) is 32.1 Å². The Morgan fingerprint density at radius 3 is 2.53 bits per heavy atom. The van der Waals surface area contributed by atoms with Gasteiger partial charge >= 0.3 is 0 Å². The molecule has 1 unspecified atom stereocenters. The molecule has 1 amide bonds. The molecule has 0 bridgehead atoms. The number of nitrogens with zero attached hydrogens (tertiary/aromatic N) is 1. The van der Waals surface area contributed by atoms with Crippen LogP contribution in [0.3, 0.4) is 0 Å². The second kappa shape index (κ2) is 6.11. The molecular formula is C12H24N2O. The number of hydrogen-bond donors (Lipinski definition) is 1. The lowest BCUT2D eigenvalue weighted by Crippen LogP contribution is -2.39. The molecule has 1 fully saturated rings. The summed E-state index contributed by atoms with van der Waals surface area (Å²) >= 11 is 0. The van der Waals surface area contributed by atoms with Gasteiger partial charge in [0.2, 0.25) is 5.91 Å². The van der Waals surface area contributed by atoms with Crippen LogP contribution in [-0.4, -0.2) is 30.4 Å². The molecule has 2 N–H and O–H groups in total. The molecule has 1 aliphatic rings. The highest BCUT2D eigenvalue weighted by Crippen LogP contribution is 2.22. The standard InChI is InChI=1S/C12H24N2O/c1-10(9-13)8-12(15)14(2)11-6-4-3-5-7-11/h10-11H,3-9,13H2,1-2H3. The zero-order valence-corrected chi connectivity index (χ0v) is 10.0. The molecule has 0 spiro atoms. The van der Waals surface area contributed by atoms with E-state index in [1.54, 1.807) is 0 Å². The number of carbonyl (C=O) groups is 1. The van der Waals surface area contributed by atoms with E-state index in [-0.39, 0.29) is 5.91 Å². The zero-order valence-electron chi connectivity index (χ0n) is 10.0. The van der Waals surface area contributed by atoms with Crippen molar-refractivity contribution in [2.75, 3.05) is 13.6 Å². The van der Waals surface area contributed by atoms with Gasteiger partial charge in [0.25, 0.3) is 0 Å². The molecule has 15 heavy (non-hydrogen) atoms. The molecule has 0 heterocycles. The Hall–Kier alpha value is -0.570. The largest absolute Gasteiger partial charge is 0.343 e. The monoisotopic (exact) mass is 212 g/mol. The highest BCUT2D eigenvalue weighted by atomic mass is 16.2. The Bertz CT molecular complexity index is 200. The fourth-order valence-corrected chi connectivity index (χ4v) is 2.20. The van der Waals surface area contributed by atoms with Crippen molar-refractivity contribution in [2.45, 2.75) is 51.5 Å². The van der Waals surface area contributed by atoms with Crippen LogP contribution in [0.4, 0.5) is 0 Å². The Morgan fingerprint density at radius 1 is 1.40 bits per heavy atom. The maximum atomic E-state index is 11.9. The van der Waals surface area contributed by atoms with Crippen LogP contribution in [0.2, 0.25) is 0 Å². The predicted molar refractivity (Wildman–Crippen MR) is 62.5 cm³/mol. The summed E-state index contributed by atoms with van der Waals surface area (Å²) < 4.78 is 0. The summed E-state index contributed by atoms with van der Waals surface area (Å²) in [7, 11) is 1.95. The van der Waals surface area contributed by atoms with E-state index in [1.807, 2.05) is 18.9 Å². The Balaban J connectivity index is 2.37. The molecule has 3 nitrogen and oxygen atoms in total. The zero-order chi connectivity index (χ0) is 11.3. The van der Waals surface area contributed by atoms with E-state index < -0.39 is 0 Å². The quantitative estimate of drug-likeness (QED) is 0.772. The van der Waals surface area contributed by atoms with E-state index in [0.29, 0.717) is 24.9 Å². The van der Waals surface area contributed by atoms with E-state index >= 15 is 0 Å². The molecule has 0 aromatic heterocycles. The van der Waals surface area contributed by atoms with Crippen molar-refractivity contribution < 1.29 is 4.79 Å². The van der Waals surface area contributed by atoms with Crippen molar-refractivity contribution in [1.29, 1.82) is 0 Å². The van der Waals surface area contributed by atoms with Gasteiger partial charge in [-0.2, -0.15) is 0 Å². The third-order valence-electron chi connectivity index (χ3n) is 3.44. The average molecular weight is 212 g/mol. The first kappa shape index (κ1) is 12.5. The smallest absolute Gasteiger partial charge is 0.222 e. The van der Waals surface area contributed by atoms with Crippen LogP contribution < -0.4 is 5.73 Å². The molecular weight excluding hydrogens is 188 g/mol. The average Bonchev–Trinajstić information content (AvgIpc) is 2.29. The van der Waals surface area contributed by atoms with Gasteiger partial charge in [-0.1, -0.05) is 26.2 Å². The number of amides is 1. The molecule has 0 aromatic carbocycles. The summed E-state index contributed by atoms with van der Waals surface area (Å²) in [5, 5.41) is 0. The van der Waals surface area contributed by atoms with Gasteiger partial charge in [0, 0.05) is 19.5 Å². The lowest BCUT2D eigenvalue weighted by Gasteiger charge is -2.31. The Kier molecular flexibility index (Phi) is 5.09. The highest BCUT2D eigenvalue weighted by Gasteiger charge is 2.22. The fraction of sp³-hybridized carbons (Fsp3) is 0.917. The third kappa shape index (κ3) is 3.82. The summed E-state index contributed by atoms with van der Waals surface area (Å²) in [6, 6.07) is 0.483. The van der Waals surface area contributed by atoms with E-state index in [2.05, 4.69) is 0 Å². The minimum Gasteiger partial charge on any atom is -0.343 e. The van der Waals surface area contributed by atoms with Gasteiger partial charge in [-0.3, -0.25) is 4.79 Å². The van der Waals surface area contributed by atoms with Gasteiger partial charge in [0.05, 0.1) is 0 Å². The van der Waals surface area contributed by atoms with Crippen LogP contribution in [-0.2, 0) is 4.79 Å². The van der Waals surface area contributed by atoms with Crippen LogP contribution in [0.1, 0.15) is 45.4 Å². The Morgan fingerprint density at radius 2 is 2.00 bits per heavy atom. The van der Waals surface area contributed by atoms with Crippen LogP contribution in [0.5, 0.6) is 0 Å². The summed E-state index contributed by atoms with van der Waals surface area (Å²) in [4.78, 5) is 13.8. The number of hydrogen-bond acceptors (Lipinski definition) is 2. The lowest BCUT2D eigenvalue weighted by molar-refractivity contribution is -0.133. The molecule has 0 saturated heterocycles. The molecule has 1 saturated carbocycles. The molecule has 1 rings (SSSR count). The number of nitrogens with two attached hydrogens (primary N) is 1. The van der Waals surface area contributed by atoms with Crippen LogP contribution >= 0.6 is 0 Å². The van der Waals surface area contributed by atoms with Crippen molar-refractivity contribution in [3.8, 4) is 0 Å². The summed E-state index contributed by atoms with van der Waals surface area (Å²) in [6.07, 6.45) is 6.84. The minimum atomic E-state index is 0.264. The van der Waals surface area contributed by atoms with Crippen molar-refractivity contribution in [2.24, 2.45) is 11.7 Å². The lowest BCUT2D eigenvalue weighted by atomic mass is 9.94. The van der Waals surface area contributed by atoms with E-state index in [9.17, 15) is 4.79 Å². The van der Waals surface area contributed by atoms with Crippen molar-refractivity contribution in [3.05, 3.63) is 0 Å². The van der Waals surface area contributed by atoms with E-state index in [4.69, 9.17) is 5.73 Å². The maximum Gasteiger partial charge on any atom is 0.222 e. The van der Waals surface area contributed by atoms with Crippen LogP contribution in [0.25, 0.3) is 0 Å². The second-order valence-electron chi connectivity index (χ2n) is 4.84. The first-order chi connectivity index (χ1) is 7.15. The molecule has 0 aliphatic heterocycles. The highest BCUT2D eigenvalue weighted by molar-refractivity contribution is 5.76. The van der Waals surface area contributed by atoms with Crippen molar-refractivity contribution in [1.82, 2.24) is 4.90 Å². The van der Waals surface area contributed by atoms with Gasteiger partial charge in [-0.05, 0) is 25.3 Å². The van der Waals surface area contributed by atoms with Crippen molar-refractivity contribution in [3.63, 3.8) is 0 Å². The van der Waals surface area contributed by atoms with Gasteiger partial charge in [0.1, 0.15) is 0 Å². The van der Waals surface area contributed by atoms with Crippen molar-refractivity contribution >= 4 is 5.91 Å². The number of carbonyl (C=O) groups excluding carboxylic acids is 1. The van der Waals surface area contributed by atoms with Crippen LogP contribution in [0.15, 0.2) is 0 Å². The second-order valence-corrected chi connectivity index (χ2v) is 4.84. The predicted octanol–water partition coefficient (Wildman–Crippen LogP) is 1.76. The first-order valence-electron chi connectivity index (χ1n) is 6.11. The summed E-state index contributed by atoms with van der Waals surface area (Å²) in [5.41, 5.74) is 5.53. The normalized spacial score (nSPS) is 19.9. The SMILES string of the molecule is CC(CN)CC(=O)N(C)C1CCCCC1. The maximum absolute atomic E-state index is 11.9. The van der Waals surface area contributed by atoms with Crippen LogP contribution in [0, 0.1) is 5.92 Å². The molecule has 88 valence electrons. The molecule has 0 aromatic rings. The molecule has 1 atom stereocenters. The van der Waals surface area contributed by atoms with Gasteiger partial charge in [-0.25, -0.2) is 0 Å². The summed E-state index contributed by atoms with van der Waals surface area (Å²) in [6.45, 7) is 2.64. The minimum absolute atomic E-state index is 0.264. The topological polar surface area (TPSA) is 46.3 Å². The fourth-order valence-electron chi connectivity index (χ4n) is 2.20. The van der Waals surface area contributed by atoms with Gasteiger partial charge in [0.15, 0.2) is 0 Å². The van der Waals surface area contributed by atoms with E-state index in [0.717, 1.165) is 0 Å². The van der Waals surface area contributed by atoms with Gasteiger partial charge < -0.3 is 10.6 Å².